The van der Waals surface area contributed by atoms with E-state index in [0.717, 1.165) is 53.6 Å². The van der Waals surface area contributed by atoms with Crippen LogP contribution in [0.4, 0.5) is 5.82 Å². The molecule has 0 spiro atoms. The van der Waals surface area contributed by atoms with Crippen LogP contribution in [-0.4, -0.2) is 46.2 Å². The SMILES string of the molecule is Cc1cc(N2CC(N(C)Cc3noc4ccccc34)C2)nc(C)n1. The highest BCUT2D eigenvalue weighted by atomic mass is 16.5. The van der Waals surface area contributed by atoms with Gasteiger partial charge in [0.1, 0.15) is 17.3 Å². The van der Waals surface area contributed by atoms with Crippen molar-refractivity contribution in [3.05, 3.63) is 47.5 Å². The summed E-state index contributed by atoms with van der Waals surface area (Å²) in [4.78, 5) is 13.5. The molecule has 1 saturated heterocycles. The third kappa shape index (κ3) is 2.73. The molecule has 0 atom stereocenters. The second kappa shape index (κ2) is 5.87. The van der Waals surface area contributed by atoms with Crippen LogP contribution in [0.3, 0.4) is 0 Å². The highest BCUT2D eigenvalue weighted by Crippen LogP contribution is 2.24. The lowest BCUT2D eigenvalue weighted by Crippen LogP contribution is -2.58. The van der Waals surface area contributed by atoms with Gasteiger partial charge in [0.25, 0.3) is 0 Å². The molecule has 6 heteroatoms. The molecular formula is C18H21N5O. The molecule has 2 aromatic heterocycles. The minimum Gasteiger partial charge on any atom is -0.356 e. The van der Waals surface area contributed by atoms with Crippen molar-refractivity contribution in [2.24, 2.45) is 0 Å². The van der Waals surface area contributed by atoms with Crippen LogP contribution in [0.5, 0.6) is 0 Å². The van der Waals surface area contributed by atoms with Crippen LogP contribution in [0.25, 0.3) is 11.0 Å². The molecule has 3 heterocycles. The standard InChI is InChI=1S/C18H21N5O/c1-12-8-18(20-13(2)19-12)23-9-14(10-23)22(3)11-16-15-6-4-5-7-17(15)24-21-16/h4-8,14H,9-11H2,1-3H3. The Balaban J connectivity index is 1.41. The molecule has 1 aliphatic rings. The molecule has 0 radical (unpaired) electrons. The van der Waals surface area contributed by atoms with Gasteiger partial charge >= 0.3 is 0 Å². The molecule has 3 aromatic rings. The average molecular weight is 323 g/mol. The quantitative estimate of drug-likeness (QED) is 0.735. The van der Waals surface area contributed by atoms with Gasteiger partial charge in [0.05, 0.1) is 0 Å². The maximum atomic E-state index is 5.39. The highest BCUT2D eigenvalue weighted by Gasteiger charge is 2.31. The fourth-order valence-corrected chi connectivity index (χ4v) is 3.20. The Bertz CT molecular complexity index is 848. The number of fused-ring (bicyclic) bond motifs is 1. The summed E-state index contributed by atoms with van der Waals surface area (Å²) in [5, 5.41) is 5.33. The minimum absolute atomic E-state index is 0.496. The first-order valence-corrected chi connectivity index (χ1v) is 8.21. The molecule has 6 nitrogen and oxygen atoms in total. The topological polar surface area (TPSA) is 58.3 Å². The summed E-state index contributed by atoms with van der Waals surface area (Å²) in [6.45, 7) is 6.69. The zero-order chi connectivity index (χ0) is 16.7. The molecule has 0 unspecified atom stereocenters. The smallest absolute Gasteiger partial charge is 0.167 e. The van der Waals surface area contributed by atoms with E-state index in [-0.39, 0.29) is 0 Å². The normalized spacial score (nSPS) is 15.2. The zero-order valence-corrected chi connectivity index (χ0v) is 14.2. The van der Waals surface area contributed by atoms with Gasteiger partial charge in [0, 0.05) is 42.8 Å². The van der Waals surface area contributed by atoms with Crippen molar-refractivity contribution in [2.75, 3.05) is 25.0 Å². The Labute approximate surface area is 141 Å². The Morgan fingerprint density at radius 3 is 2.79 bits per heavy atom. The number of para-hydroxylation sites is 1. The Morgan fingerprint density at radius 2 is 2.00 bits per heavy atom. The van der Waals surface area contributed by atoms with E-state index >= 15 is 0 Å². The molecule has 0 N–H and O–H groups in total. The van der Waals surface area contributed by atoms with Crippen molar-refractivity contribution in [1.29, 1.82) is 0 Å². The summed E-state index contributed by atoms with van der Waals surface area (Å²) >= 11 is 0. The summed E-state index contributed by atoms with van der Waals surface area (Å²) in [5.74, 6) is 1.85. The van der Waals surface area contributed by atoms with Crippen molar-refractivity contribution in [3.63, 3.8) is 0 Å². The molecule has 4 rings (SSSR count). The van der Waals surface area contributed by atoms with Gasteiger partial charge in [-0.25, -0.2) is 9.97 Å². The van der Waals surface area contributed by atoms with Crippen LogP contribution in [-0.2, 0) is 6.54 Å². The van der Waals surface area contributed by atoms with Crippen molar-refractivity contribution in [1.82, 2.24) is 20.0 Å². The maximum Gasteiger partial charge on any atom is 0.167 e. The maximum absolute atomic E-state index is 5.39. The van der Waals surface area contributed by atoms with Gasteiger partial charge in [0.2, 0.25) is 0 Å². The Morgan fingerprint density at radius 1 is 1.21 bits per heavy atom. The zero-order valence-electron chi connectivity index (χ0n) is 14.2. The molecule has 0 aliphatic carbocycles. The first-order valence-electron chi connectivity index (χ1n) is 8.21. The van der Waals surface area contributed by atoms with Gasteiger partial charge in [-0.3, -0.25) is 4.90 Å². The van der Waals surface area contributed by atoms with Crippen molar-refractivity contribution in [3.8, 4) is 0 Å². The number of nitrogens with zero attached hydrogens (tertiary/aromatic N) is 5. The van der Waals surface area contributed by atoms with Gasteiger partial charge in [0.15, 0.2) is 5.58 Å². The predicted octanol–water partition coefficient (Wildman–Crippen LogP) is 2.56. The van der Waals surface area contributed by atoms with E-state index in [4.69, 9.17) is 4.52 Å². The second-order valence-electron chi connectivity index (χ2n) is 6.51. The van der Waals surface area contributed by atoms with Gasteiger partial charge in [-0.15, -0.1) is 0 Å². The van der Waals surface area contributed by atoms with E-state index in [1.165, 1.54) is 0 Å². The summed E-state index contributed by atoms with van der Waals surface area (Å²) in [5.41, 5.74) is 2.87. The minimum atomic E-state index is 0.496. The Hall–Kier alpha value is -2.47. The number of rotatable bonds is 4. The van der Waals surface area contributed by atoms with Gasteiger partial charge in [-0.2, -0.15) is 0 Å². The number of hydrogen-bond donors (Lipinski definition) is 0. The first kappa shape index (κ1) is 15.1. The van der Waals surface area contributed by atoms with Crippen LogP contribution in [0, 0.1) is 13.8 Å². The van der Waals surface area contributed by atoms with Gasteiger partial charge in [-0.1, -0.05) is 17.3 Å². The third-order valence-corrected chi connectivity index (χ3v) is 4.61. The molecular weight excluding hydrogens is 302 g/mol. The van der Waals surface area contributed by atoms with E-state index in [1.54, 1.807) is 0 Å². The lowest BCUT2D eigenvalue weighted by atomic mass is 10.1. The first-order chi connectivity index (χ1) is 11.6. The number of aromatic nitrogens is 3. The van der Waals surface area contributed by atoms with Crippen molar-refractivity contribution < 1.29 is 4.52 Å². The van der Waals surface area contributed by atoms with E-state index in [2.05, 4.69) is 38.0 Å². The van der Waals surface area contributed by atoms with Crippen molar-refractivity contribution in [2.45, 2.75) is 26.4 Å². The fourth-order valence-electron chi connectivity index (χ4n) is 3.20. The van der Waals surface area contributed by atoms with Crippen molar-refractivity contribution >= 4 is 16.8 Å². The van der Waals surface area contributed by atoms with E-state index in [9.17, 15) is 0 Å². The molecule has 24 heavy (non-hydrogen) atoms. The van der Waals surface area contributed by atoms with E-state index in [1.807, 2.05) is 38.1 Å². The lowest BCUT2D eigenvalue weighted by Gasteiger charge is -2.44. The molecule has 124 valence electrons. The predicted molar refractivity (Wildman–Crippen MR) is 93.0 cm³/mol. The van der Waals surface area contributed by atoms with Gasteiger partial charge < -0.3 is 9.42 Å². The molecule has 0 amide bonds. The number of hydrogen-bond acceptors (Lipinski definition) is 6. The monoisotopic (exact) mass is 323 g/mol. The third-order valence-electron chi connectivity index (χ3n) is 4.61. The molecule has 0 saturated carbocycles. The van der Waals surface area contributed by atoms with Crippen LogP contribution in [0.1, 0.15) is 17.2 Å². The molecule has 0 bridgehead atoms. The summed E-state index contributed by atoms with van der Waals surface area (Å²) in [6.07, 6.45) is 0. The van der Waals surface area contributed by atoms with Crippen LogP contribution < -0.4 is 4.90 Å². The largest absolute Gasteiger partial charge is 0.356 e. The molecule has 1 fully saturated rings. The van der Waals surface area contributed by atoms with Gasteiger partial charge in [-0.05, 0) is 33.0 Å². The Kier molecular flexibility index (Phi) is 3.69. The molecule has 1 aromatic carbocycles. The number of anilines is 1. The highest BCUT2D eigenvalue weighted by molar-refractivity contribution is 5.79. The van der Waals surface area contributed by atoms with Crippen LogP contribution in [0.15, 0.2) is 34.9 Å². The summed E-state index contributed by atoms with van der Waals surface area (Å²) < 4.78 is 5.39. The molecule has 1 aliphatic heterocycles. The van der Waals surface area contributed by atoms with Crippen LogP contribution in [0.2, 0.25) is 0 Å². The lowest BCUT2D eigenvalue weighted by molar-refractivity contribution is 0.192. The number of benzene rings is 1. The fraction of sp³-hybridized carbons (Fsp3) is 0.389. The summed E-state index contributed by atoms with van der Waals surface area (Å²) in [6, 6.07) is 10.6. The average Bonchev–Trinajstić information content (AvgIpc) is 2.88. The van der Waals surface area contributed by atoms with Crippen LogP contribution >= 0.6 is 0 Å². The number of aryl methyl sites for hydroxylation is 2. The van der Waals surface area contributed by atoms with E-state index in [0.29, 0.717) is 6.04 Å². The number of likely N-dealkylation sites (N-methyl/N-ethyl adjacent to an activating group) is 1. The summed E-state index contributed by atoms with van der Waals surface area (Å²) in [7, 11) is 2.14. The second-order valence-corrected chi connectivity index (χ2v) is 6.51. The van der Waals surface area contributed by atoms with E-state index < -0.39 is 0 Å².